The van der Waals surface area contributed by atoms with Crippen molar-refractivity contribution in [3.63, 3.8) is 0 Å². The third-order valence-electron chi connectivity index (χ3n) is 3.69. The molecule has 1 N–H and O–H groups in total. The van der Waals surface area contributed by atoms with E-state index in [-0.39, 0.29) is 17.2 Å². The second kappa shape index (κ2) is 8.63. The zero-order valence-electron chi connectivity index (χ0n) is 13.8. The van der Waals surface area contributed by atoms with Crippen LogP contribution in [0.2, 0.25) is 0 Å². The normalized spacial score (nSPS) is 13.2. The van der Waals surface area contributed by atoms with Gasteiger partial charge in [-0.2, -0.15) is 0 Å². The Labute approximate surface area is 142 Å². The number of nitrogens with one attached hydrogen (secondary N) is 1. The molecule has 122 valence electrons. The van der Waals surface area contributed by atoms with Crippen LogP contribution < -0.4 is 10.1 Å². The van der Waals surface area contributed by atoms with Crippen LogP contribution in [0.1, 0.15) is 31.0 Å². The van der Waals surface area contributed by atoms with Gasteiger partial charge in [-0.15, -0.1) is 11.8 Å². The van der Waals surface area contributed by atoms with Gasteiger partial charge in [0.05, 0.1) is 18.4 Å². The fourth-order valence-corrected chi connectivity index (χ4v) is 3.03. The number of thioether (sulfide) groups is 1. The number of carbonyl (C=O) groups is 1. The fraction of sp³-hybridized carbons (Fsp3) is 0.316. The van der Waals surface area contributed by atoms with Crippen molar-refractivity contribution in [1.29, 1.82) is 0 Å². The molecule has 3 nitrogen and oxygen atoms in total. The van der Waals surface area contributed by atoms with E-state index in [9.17, 15) is 4.79 Å². The maximum absolute atomic E-state index is 12.3. The molecule has 0 saturated carbocycles. The van der Waals surface area contributed by atoms with E-state index in [1.165, 1.54) is 5.56 Å². The van der Waals surface area contributed by atoms with Crippen LogP contribution in [0, 0.1) is 0 Å². The molecule has 1 amide bonds. The highest BCUT2D eigenvalue weighted by atomic mass is 32.2. The first-order chi connectivity index (χ1) is 11.1. The van der Waals surface area contributed by atoms with Gasteiger partial charge in [-0.1, -0.05) is 42.5 Å². The van der Waals surface area contributed by atoms with E-state index in [1.54, 1.807) is 18.9 Å². The van der Waals surface area contributed by atoms with Gasteiger partial charge in [-0.05, 0) is 37.1 Å². The highest BCUT2D eigenvalue weighted by molar-refractivity contribution is 7.99. The van der Waals surface area contributed by atoms with E-state index in [0.29, 0.717) is 0 Å². The van der Waals surface area contributed by atoms with Crippen molar-refractivity contribution in [2.75, 3.05) is 7.11 Å². The van der Waals surface area contributed by atoms with Gasteiger partial charge in [0, 0.05) is 5.75 Å². The second-order valence-corrected chi connectivity index (χ2v) is 6.77. The third kappa shape index (κ3) is 5.32. The molecule has 0 aliphatic heterocycles. The van der Waals surface area contributed by atoms with Crippen molar-refractivity contribution < 1.29 is 9.53 Å². The molecular weight excluding hydrogens is 306 g/mol. The Morgan fingerprint density at radius 3 is 2.35 bits per heavy atom. The molecule has 0 fully saturated rings. The Balaban J connectivity index is 1.84. The SMILES string of the molecule is COc1ccc([C@H](C)NC(=O)[C@@H](C)SCc2ccccc2)cc1. The number of rotatable bonds is 7. The summed E-state index contributed by atoms with van der Waals surface area (Å²) in [4.78, 5) is 12.3. The Hall–Kier alpha value is -1.94. The monoisotopic (exact) mass is 329 g/mol. The fourth-order valence-electron chi connectivity index (χ4n) is 2.18. The lowest BCUT2D eigenvalue weighted by atomic mass is 10.1. The summed E-state index contributed by atoms with van der Waals surface area (Å²) >= 11 is 1.65. The second-order valence-electron chi connectivity index (χ2n) is 5.44. The molecule has 0 radical (unpaired) electrons. The molecule has 0 aliphatic carbocycles. The summed E-state index contributed by atoms with van der Waals surface area (Å²) in [6.07, 6.45) is 0. The molecule has 0 aliphatic rings. The summed E-state index contributed by atoms with van der Waals surface area (Å²) in [6.45, 7) is 3.94. The first kappa shape index (κ1) is 17.4. The van der Waals surface area contributed by atoms with Gasteiger partial charge in [0.25, 0.3) is 0 Å². The number of ether oxygens (including phenoxy) is 1. The molecule has 0 bridgehead atoms. The minimum atomic E-state index is -0.0871. The Bertz CT molecular complexity index is 613. The summed E-state index contributed by atoms with van der Waals surface area (Å²) in [5.74, 6) is 1.72. The number of carbonyl (C=O) groups excluding carboxylic acids is 1. The van der Waals surface area contributed by atoms with E-state index < -0.39 is 0 Å². The lowest BCUT2D eigenvalue weighted by Crippen LogP contribution is -2.33. The van der Waals surface area contributed by atoms with Crippen LogP contribution in [0.5, 0.6) is 5.75 Å². The van der Waals surface area contributed by atoms with Crippen molar-refractivity contribution in [2.24, 2.45) is 0 Å². The minimum absolute atomic E-state index is 0.0202. The van der Waals surface area contributed by atoms with Crippen molar-refractivity contribution in [3.05, 3.63) is 65.7 Å². The minimum Gasteiger partial charge on any atom is -0.497 e. The zero-order valence-corrected chi connectivity index (χ0v) is 14.6. The molecule has 2 aromatic rings. The number of benzene rings is 2. The van der Waals surface area contributed by atoms with Crippen LogP contribution in [0.25, 0.3) is 0 Å². The summed E-state index contributed by atoms with van der Waals surface area (Å²) in [5.41, 5.74) is 2.31. The lowest BCUT2D eigenvalue weighted by Gasteiger charge is -2.18. The lowest BCUT2D eigenvalue weighted by molar-refractivity contribution is -0.120. The van der Waals surface area contributed by atoms with Gasteiger partial charge in [0.1, 0.15) is 5.75 Å². The average Bonchev–Trinajstić information content (AvgIpc) is 2.60. The number of amides is 1. The van der Waals surface area contributed by atoms with Crippen LogP contribution in [0.4, 0.5) is 0 Å². The molecule has 0 aromatic heterocycles. The maximum atomic E-state index is 12.3. The number of hydrogen-bond acceptors (Lipinski definition) is 3. The third-order valence-corrected chi connectivity index (χ3v) is 4.90. The van der Waals surface area contributed by atoms with Gasteiger partial charge in [0.15, 0.2) is 0 Å². The maximum Gasteiger partial charge on any atom is 0.233 e. The first-order valence-electron chi connectivity index (χ1n) is 7.70. The number of methoxy groups -OCH3 is 1. The molecule has 2 rings (SSSR count). The molecule has 23 heavy (non-hydrogen) atoms. The quantitative estimate of drug-likeness (QED) is 0.827. The van der Waals surface area contributed by atoms with Crippen LogP contribution in [-0.2, 0) is 10.5 Å². The van der Waals surface area contributed by atoms with Gasteiger partial charge in [-0.25, -0.2) is 0 Å². The van der Waals surface area contributed by atoms with Gasteiger partial charge in [0.2, 0.25) is 5.91 Å². The summed E-state index contributed by atoms with van der Waals surface area (Å²) < 4.78 is 5.15. The van der Waals surface area contributed by atoms with Crippen molar-refractivity contribution >= 4 is 17.7 Å². The topological polar surface area (TPSA) is 38.3 Å². The van der Waals surface area contributed by atoms with Crippen molar-refractivity contribution in [1.82, 2.24) is 5.32 Å². The Morgan fingerprint density at radius 2 is 1.74 bits per heavy atom. The standard InChI is InChI=1S/C19H23NO2S/c1-14(17-9-11-18(22-3)12-10-17)20-19(21)15(2)23-13-16-7-5-4-6-8-16/h4-12,14-15H,13H2,1-3H3,(H,20,21)/t14-,15+/m0/s1. The smallest absolute Gasteiger partial charge is 0.233 e. The predicted octanol–water partition coefficient (Wildman–Crippen LogP) is 4.19. The van der Waals surface area contributed by atoms with Crippen molar-refractivity contribution in [3.8, 4) is 5.75 Å². The summed E-state index contributed by atoms with van der Waals surface area (Å²) in [7, 11) is 1.64. The first-order valence-corrected chi connectivity index (χ1v) is 8.75. The van der Waals surface area contributed by atoms with E-state index in [0.717, 1.165) is 17.1 Å². The van der Waals surface area contributed by atoms with Crippen LogP contribution in [-0.4, -0.2) is 18.3 Å². The van der Waals surface area contributed by atoms with Crippen LogP contribution in [0.3, 0.4) is 0 Å². The van der Waals surface area contributed by atoms with Gasteiger partial charge in [-0.3, -0.25) is 4.79 Å². The molecule has 2 atom stereocenters. The predicted molar refractivity (Wildman–Crippen MR) is 96.8 cm³/mol. The summed E-state index contributed by atoms with van der Waals surface area (Å²) in [6, 6.07) is 18.0. The molecule has 0 spiro atoms. The molecule has 4 heteroatoms. The molecule has 0 heterocycles. The van der Waals surface area contributed by atoms with Gasteiger partial charge < -0.3 is 10.1 Å². The van der Waals surface area contributed by atoms with E-state index in [1.807, 2.05) is 56.3 Å². The highest BCUT2D eigenvalue weighted by Gasteiger charge is 2.16. The van der Waals surface area contributed by atoms with E-state index >= 15 is 0 Å². The molecular formula is C19H23NO2S. The highest BCUT2D eigenvalue weighted by Crippen LogP contribution is 2.20. The zero-order chi connectivity index (χ0) is 16.7. The van der Waals surface area contributed by atoms with Crippen LogP contribution in [0.15, 0.2) is 54.6 Å². The van der Waals surface area contributed by atoms with Gasteiger partial charge >= 0.3 is 0 Å². The Kier molecular flexibility index (Phi) is 6.53. The Morgan fingerprint density at radius 1 is 1.09 bits per heavy atom. The summed E-state index contributed by atoms with van der Waals surface area (Å²) in [5, 5.41) is 2.98. The van der Waals surface area contributed by atoms with Crippen LogP contribution >= 0.6 is 11.8 Å². The average molecular weight is 329 g/mol. The van der Waals surface area contributed by atoms with E-state index in [4.69, 9.17) is 4.74 Å². The number of hydrogen-bond donors (Lipinski definition) is 1. The van der Waals surface area contributed by atoms with E-state index in [2.05, 4.69) is 17.4 Å². The largest absolute Gasteiger partial charge is 0.497 e. The molecule has 0 unspecified atom stereocenters. The molecule has 2 aromatic carbocycles. The van der Waals surface area contributed by atoms with Crippen molar-refractivity contribution in [2.45, 2.75) is 30.9 Å². The molecule has 0 saturated heterocycles.